The molecule has 4 nitrogen and oxygen atoms in total. The average molecular weight is 397 g/mol. The van der Waals surface area contributed by atoms with Gasteiger partial charge < -0.3 is 0 Å². The molecule has 0 aliphatic rings. The molecule has 2 heterocycles. The van der Waals surface area contributed by atoms with Crippen molar-refractivity contribution in [3.8, 4) is 17.1 Å². The molecule has 27 heavy (non-hydrogen) atoms. The molecule has 0 bridgehead atoms. The first kappa shape index (κ1) is 17.7. The van der Waals surface area contributed by atoms with Crippen LogP contribution in [-0.2, 0) is 5.75 Å². The fourth-order valence-electron chi connectivity index (χ4n) is 2.60. The number of rotatable bonds is 5. The molecule has 4 rings (SSSR count). The first-order valence-electron chi connectivity index (χ1n) is 8.20. The lowest BCUT2D eigenvalue weighted by Crippen LogP contribution is -1.99. The Labute approximate surface area is 165 Å². The minimum atomic E-state index is -0.243. The van der Waals surface area contributed by atoms with E-state index in [2.05, 4.69) is 15.2 Å². The summed E-state index contributed by atoms with van der Waals surface area (Å²) in [4.78, 5) is 4.06. The number of hydrogen-bond acceptors (Lipinski definition) is 4. The van der Waals surface area contributed by atoms with E-state index in [-0.39, 0.29) is 5.82 Å². The maximum Gasteiger partial charge on any atom is 0.196 e. The van der Waals surface area contributed by atoms with Gasteiger partial charge in [0.25, 0.3) is 0 Å². The first-order valence-corrected chi connectivity index (χ1v) is 9.56. The Morgan fingerprint density at radius 1 is 0.889 bits per heavy atom. The monoisotopic (exact) mass is 396 g/mol. The van der Waals surface area contributed by atoms with E-state index in [4.69, 9.17) is 11.6 Å². The van der Waals surface area contributed by atoms with Crippen LogP contribution in [0.4, 0.5) is 4.39 Å². The number of thioether (sulfide) groups is 1. The minimum absolute atomic E-state index is 0.243. The lowest BCUT2D eigenvalue weighted by molar-refractivity contribution is 0.627. The van der Waals surface area contributed by atoms with Crippen LogP contribution in [0.25, 0.3) is 17.1 Å². The van der Waals surface area contributed by atoms with E-state index in [0.29, 0.717) is 10.8 Å². The predicted octanol–water partition coefficient (Wildman–Crippen LogP) is 5.41. The standard InChI is InChI=1S/C20H14ClFN4S/c21-16-3-7-18(8-4-16)26-19(15-9-11-23-12-10-15)24-25-20(26)27-13-14-1-5-17(22)6-2-14/h1-12H,13H2. The molecule has 0 unspecified atom stereocenters. The lowest BCUT2D eigenvalue weighted by atomic mass is 10.2. The van der Waals surface area contributed by atoms with E-state index in [1.54, 1.807) is 24.5 Å². The van der Waals surface area contributed by atoms with E-state index < -0.39 is 0 Å². The second-order valence-electron chi connectivity index (χ2n) is 5.77. The van der Waals surface area contributed by atoms with Gasteiger partial charge in [0, 0.05) is 34.4 Å². The Morgan fingerprint density at radius 2 is 1.59 bits per heavy atom. The SMILES string of the molecule is Fc1ccc(CSc2nnc(-c3ccncc3)n2-c2ccc(Cl)cc2)cc1. The maximum atomic E-state index is 13.1. The van der Waals surface area contributed by atoms with E-state index in [1.165, 1.54) is 23.9 Å². The largest absolute Gasteiger partial charge is 0.270 e. The molecule has 0 N–H and O–H groups in total. The summed E-state index contributed by atoms with van der Waals surface area (Å²) in [5.41, 5.74) is 2.84. The van der Waals surface area contributed by atoms with Gasteiger partial charge in [-0.15, -0.1) is 10.2 Å². The third kappa shape index (κ3) is 4.02. The molecular weight excluding hydrogens is 383 g/mol. The van der Waals surface area contributed by atoms with Crippen molar-refractivity contribution in [2.24, 2.45) is 0 Å². The van der Waals surface area contributed by atoms with Crippen LogP contribution in [-0.4, -0.2) is 19.7 Å². The maximum absolute atomic E-state index is 13.1. The topological polar surface area (TPSA) is 43.6 Å². The molecule has 0 atom stereocenters. The molecule has 2 aromatic carbocycles. The fourth-order valence-corrected chi connectivity index (χ4v) is 3.64. The van der Waals surface area contributed by atoms with Crippen molar-refractivity contribution >= 4 is 23.4 Å². The lowest BCUT2D eigenvalue weighted by Gasteiger charge is -2.10. The van der Waals surface area contributed by atoms with Crippen LogP contribution in [0.15, 0.2) is 78.2 Å². The van der Waals surface area contributed by atoms with Crippen LogP contribution in [0.1, 0.15) is 5.56 Å². The van der Waals surface area contributed by atoms with Crippen LogP contribution < -0.4 is 0 Å². The Morgan fingerprint density at radius 3 is 2.30 bits per heavy atom. The Kier molecular flexibility index (Phi) is 5.18. The number of pyridine rings is 1. The molecule has 0 radical (unpaired) electrons. The molecule has 0 aliphatic heterocycles. The van der Waals surface area contributed by atoms with Gasteiger partial charge in [0.15, 0.2) is 11.0 Å². The van der Waals surface area contributed by atoms with E-state index in [1.807, 2.05) is 41.0 Å². The molecule has 134 valence electrons. The van der Waals surface area contributed by atoms with E-state index >= 15 is 0 Å². The molecule has 0 amide bonds. The van der Waals surface area contributed by atoms with Gasteiger partial charge in [-0.2, -0.15) is 0 Å². The molecule has 0 spiro atoms. The second-order valence-corrected chi connectivity index (χ2v) is 7.15. The number of hydrogen-bond donors (Lipinski definition) is 0. The Balaban J connectivity index is 1.71. The summed E-state index contributed by atoms with van der Waals surface area (Å²) in [6.07, 6.45) is 3.45. The number of benzene rings is 2. The van der Waals surface area contributed by atoms with Crippen molar-refractivity contribution < 1.29 is 4.39 Å². The Hall–Kier alpha value is -2.70. The zero-order chi connectivity index (χ0) is 18.6. The van der Waals surface area contributed by atoms with Crippen molar-refractivity contribution in [2.45, 2.75) is 10.9 Å². The van der Waals surface area contributed by atoms with Crippen LogP contribution in [0, 0.1) is 5.82 Å². The summed E-state index contributed by atoms with van der Waals surface area (Å²) in [5.74, 6) is 1.14. The first-order chi connectivity index (χ1) is 13.2. The second kappa shape index (κ2) is 7.90. The normalized spacial score (nSPS) is 10.9. The molecule has 4 aromatic rings. The van der Waals surface area contributed by atoms with Crippen molar-refractivity contribution in [1.82, 2.24) is 19.7 Å². The highest BCUT2D eigenvalue weighted by Gasteiger charge is 2.16. The van der Waals surface area contributed by atoms with Gasteiger partial charge in [0.1, 0.15) is 5.82 Å². The van der Waals surface area contributed by atoms with Crippen LogP contribution in [0.2, 0.25) is 5.02 Å². The highest BCUT2D eigenvalue weighted by molar-refractivity contribution is 7.98. The summed E-state index contributed by atoms with van der Waals surface area (Å²) in [6, 6.07) is 17.8. The predicted molar refractivity (Wildman–Crippen MR) is 106 cm³/mol. The molecule has 0 aliphatic carbocycles. The van der Waals surface area contributed by atoms with Gasteiger partial charge in [-0.3, -0.25) is 9.55 Å². The number of halogens is 2. The fraction of sp³-hybridized carbons (Fsp3) is 0.0500. The third-order valence-corrected chi connectivity index (χ3v) is 5.19. The molecular formula is C20H14ClFN4S. The van der Waals surface area contributed by atoms with Gasteiger partial charge in [-0.05, 0) is 54.1 Å². The van der Waals surface area contributed by atoms with Gasteiger partial charge in [0.05, 0.1) is 0 Å². The average Bonchev–Trinajstić information content (AvgIpc) is 3.13. The van der Waals surface area contributed by atoms with Crippen molar-refractivity contribution in [3.05, 3.63) is 89.5 Å². The summed E-state index contributed by atoms with van der Waals surface area (Å²) in [7, 11) is 0. The van der Waals surface area contributed by atoms with E-state index in [0.717, 1.165) is 27.8 Å². The van der Waals surface area contributed by atoms with Crippen LogP contribution in [0.3, 0.4) is 0 Å². The third-order valence-electron chi connectivity index (χ3n) is 3.94. The molecule has 7 heteroatoms. The quantitative estimate of drug-likeness (QED) is 0.423. The molecule has 2 aromatic heterocycles. The molecule has 0 saturated carbocycles. The van der Waals surface area contributed by atoms with Gasteiger partial charge in [-0.25, -0.2) is 4.39 Å². The zero-order valence-corrected chi connectivity index (χ0v) is 15.7. The molecule has 0 fully saturated rings. The summed E-state index contributed by atoms with van der Waals surface area (Å²) in [5, 5.41) is 10.2. The van der Waals surface area contributed by atoms with Gasteiger partial charge >= 0.3 is 0 Å². The number of nitrogens with zero attached hydrogens (tertiary/aromatic N) is 4. The highest BCUT2D eigenvalue weighted by atomic mass is 35.5. The number of aromatic nitrogens is 4. The zero-order valence-electron chi connectivity index (χ0n) is 14.1. The van der Waals surface area contributed by atoms with Gasteiger partial charge in [-0.1, -0.05) is 35.5 Å². The minimum Gasteiger partial charge on any atom is -0.270 e. The summed E-state index contributed by atoms with van der Waals surface area (Å²) in [6.45, 7) is 0. The van der Waals surface area contributed by atoms with Crippen LogP contribution in [0.5, 0.6) is 0 Å². The highest BCUT2D eigenvalue weighted by Crippen LogP contribution is 2.30. The van der Waals surface area contributed by atoms with Crippen molar-refractivity contribution in [2.75, 3.05) is 0 Å². The van der Waals surface area contributed by atoms with Crippen LogP contribution >= 0.6 is 23.4 Å². The molecule has 0 saturated heterocycles. The summed E-state index contributed by atoms with van der Waals surface area (Å²) >= 11 is 7.58. The van der Waals surface area contributed by atoms with Gasteiger partial charge in [0.2, 0.25) is 0 Å². The Bertz CT molecular complexity index is 1030. The van der Waals surface area contributed by atoms with Crippen molar-refractivity contribution in [3.63, 3.8) is 0 Å². The van der Waals surface area contributed by atoms with Crippen molar-refractivity contribution in [1.29, 1.82) is 0 Å². The smallest absolute Gasteiger partial charge is 0.196 e. The summed E-state index contributed by atoms with van der Waals surface area (Å²) < 4.78 is 15.1. The van der Waals surface area contributed by atoms with E-state index in [9.17, 15) is 4.39 Å².